The summed E-state index contributed by atoms with van der Waals surface area (Å²) < 4.78 is 6.68. The van der Waals surface area contributed by atoms with Crippen molar-refractivity contribution in [2.45, 2.75) is 25.7 Å². The molecule has 0 fully saturated rings. The Morgan fingerprint density at radius 1 is 0.469 bits per heavy atom. The SMILES string of the molecule is c1ccc2c(c1)c1c(n2-c2cc(-c3ccc(-c4cn5ccccc5n4)cc3)cc(-c3ccc(-c4cn5ccccc5n4)cc3)c2)CCCC1. The Balaban J connectivity index is 1.10. The summed E-state index contributed by atoms with van der Waals surface area (Å²) in [6.45, 7) is 0. The van der Waals surface area contributed by atoms with Crippen molar-refractivity contribution in [2.75, 3.05) is 0 Å². The first-order valence-corrected chi connectivity index (χ1v) is 17.1. The number of pyridine rings is 2. The van der Waals surface area contributed by atoms with Crippen molar-refractivity contribution in [3.63, 3.8) is 0 Å². The van der Waals surface area contributed by atoms with E-state index < -0.39 is 0 Å². The molecule has 0 bridgehead atoms. The average Bonchev–Trinajstić information content (AvgIpc) is 3.89. The minimum Gasteiger partial charge on any atom is -0.313 e. The van der Waals surface area contributed by atoms with Crippen LogP contribution in [0.15, 0.2) is 152 Å². The first kappa shape index (κ1) is 27.9. The minimum absolute atomic E-state index is 0.952. The van der Waals surface area contributed by atoms with Crippen LogP contribution in [0.1, 0.15) is 24.1 Å². The molecular formula is C44H33N5. The molecule has 0 N–H and O–H groups in total. The van der Waals surface area contributed by atoms with Crippen molar-refractivity contribution in [1.82, 2.24) is 23.3 Å². The number of nitrogens with zero attached hydrogens (tertiary/aromatic N) is 5. The minimum atomic E-state index is 0.952. The predicted molar refractivity (Wildman–Crippen MR) is 199 cm³/mol. The number of fused-ring (bicyclic) bond motifs is 5. The van der Waals surface area contributed by atoms with Crippen molar-refractivity contribution in [1.29, 1.82) is 0 Å². The molecule has 5 nitrogen and oxygen atoms in total. The molecule has 0 saturated carbocycles. The summed E-state index contributed by atoms with van der Waals surface area (Å²) in [5.74, 6) is 0. The highest BCUT2D eigenvalue weighted by molar-refractivity contribution is 5.89. The number of benzene rings is 4. The van der Waals surface area contributed by atoms with Crippen molar-refractivity contribution < 1.29 is 0 Å². The standard InChI is InChI=1S/C44H33N5/c1-3-11-41-37(9-1)38-10-2-4-12-42(38)49(41)36-26-34(30-15-19-32(20-16-30)39-28-47-23-7-5-13-43(47)45-39)25-35(27-36)31-17-21-33(22-18-31)40-29-48-24-8-6-14-44(48)46-40/h1,3,5-9,11,13-29H,2,4,10,12H2. The van der Waals surface area contributed by atoms with Crippen molar-refractivity contribution in [2.24, 2.45) is 0 Å². The summed E-state index contributed by atoms with van der Waals surface area (Å²) in [6.07, 6.45) is 13.0. The van der Waals surface area contributed by atoms with Crippen LogP contribution >= 0.6 is 0 Å². The number of hydrogen-bond acceptors (Lipinski definition) is 2. The molecule has 0 unspecified atom stereocenters. The van der Waals surface area contributed by atoms with E-state index in [1.807, 2.05) is 48.8 Å². The molecular weight excluding hydrogens is 599 g/mol. The van der Waals surface area contributed by atoms with Gasteiger partial charge in [-0.3, -0.25) is 0 Å². The van der Waals surface area contributed by atoms with Gasteiger partial charge in [0.25, 0.3) is 0 Å². The fourth-order valence-corrected chi connectivity index (χ4v) is 7.68. The Bertz CT molecular complexity index is 2450. The number of aromatic nitrogens is 5. The molecule has 9 aromatic rings. The Morgan fingerprint density at radius 3 is 1.59 bits per heavy atom. The lowest BCUT2D eigenvalue weighted by atomic mass is 9.95. The van der Waals surface area contributed by atoms with Crippen LogP contribution in [0.3, 0.4) is 0 Å². The highest BCUT2D eigenvalue weighted by atomic mass is 15.0. The third kappa shape index (κ3) is 4.77. The van der Waals surface area contributed by atoms with Gasteiger partial charge in [0.15, 0.2) is 0 Å². The van der Waals surface area contributed by atoms with E-state index in [9.17, 15) is 0 Å². The number of imidazole rings is 2. The second kappa shape index (κ2) is 11.2. The molecule has 49 heavy (non-hydrogen) atoms. The number of hydrogen-bond donors (Lipinski definition) is 0. The zero-order valence-corrected chi connectivity index (χ0v) is 27.0. The second-order valence-electron chi connectivity index (χ2n) is 13.1. The molecule has 1 aliphatic carbocycles. The molecule has 5 heterocycles. The van der Waals surface area contributed by atoms with Gasteiger partial charge in [-0.2, -0.15) is 0 Å². The normalized spacial score (nSPS) is 13.0. The molecule has 0 saturated heterocycles. The maximum atomic E-state index is 4.85. The largest absolute Gasteiger partial charge is 0.313 e. The van der Waals surface area contributed by atoms with Crippen molar-refractivity contribution >= 4 is 22.2 Å². The Morgan fingerprint density at radius 2 is 1.00 bits per heavy atom. The summed E-state index contributed by atoms with van der Waals surface area (Å²) in [4.78, 5) is 9.70. The highest BCUT2D eigenvalue weighted by Crippen LogP contribution is 2.38. The van der Waals surface area contributed by atoms with E-state index in [1.165, 1.54) is 62.9 Å². The van der Waals surface area contributed by atoms with Crippen molar-refractivity contribution in [3.05, 3.63) is 163 Å². The summed E-state index contributed by atoms with van der Waals surface area (Å²) in [7, 11) is 0. The lowest BCUT2D eigenvalue weighted by Gasteiger charge is -2.18. The first-order valence-electron chi connectivity index (χ1n) is 17.1. The fourth-order valence-electron chi connectivity index (χ4n) is 7.68. The summed E-state index contributed by atoms with van der Waals surface area (Å²) in [5, 5.41) is 1.39. The lowest BCUT2D eigenvalue weighted by molar-refractivity contribution is 0.667. The van der Waals surface area contributed by atoms with Gasteiger partial charge in [-0.1, -0.05) is 78.9 Å². The van der Waals surface area contributed by atoms with Gasteiger partial charge in [-0.15, -0.1) is 0 Å². The molecule has 234 valence electrons. The van der Waals surface area contributed by atoms with E-state index in [2.05, 4.69) is 117 Å². The van der Waals surface area contributed by atoms with E-state index in [-0.39, 0.29) is 0 Å². The maximum Gasteiger partial charge on any atom is 0.137 e. The monoisotopic (exact) mass is 631 g/mol. The molecule has 0 atom stereocenters. The van der Waals surface area contributed by atoms with Crippen LogP contribution in [0.2, 0.25) is 0 Å². The van der Waals surface area contributed by atoms with Gasteiger partial charge in [-0.25, -0.2) is 9.97 Å². The molecule has 5 heteroatoms. The van der Waals surface area contributed by atoms with Gasteiger partial charge in [0, 0.05) is 52.7 Å². The van der Waals surface area contributed by atoms with E-state index >= 15 is 0 Å². The molecule has 10 rings (SSSR count). The molecule has 4 aromatic carbocycles. The van der Waals surface area contributed by atoms with Gasteiger partial charge in [0.1, 0.15) is 11.3 Å². The van der Waals surface area contributed by atoms with Crippen LogP contribution in [0, 0.1) is 0 Å². The quantitative estimate of drug-likeness (QED) is 0.190. The third-order valence-corrected chi connectivity index (χ3v) is 10.1. The highest BCUT2D eigenvalue weighted by Gasteiger charge is 2.21. The van der Waals surface area contributed by atoms with Gasteiger partial charge < -0.3 is 13.4 Å². The molecule has 0 aliphatic heterocycles. The molecule has 0 spiro atoms. The number of aryl methyl sites for hydroxylation is 1. The van der Waals surface area contributed by atoms with Gasteiger partial charge in [-0.05, 0) is 102 Å². The summed E-state index contributed by atoms with van der Waals surface area (Å²) >= 11 is 0. The van der Waals surface area contributed by atoms with Crippen LogP contribution in [0.5, 0.6) is 0 Å². The van der Waals surface area contributed by atoms with E-state index in [0.717, 1.165) is 46.7 Å². The van der Waals surface area contributed by atoms with Crippen molar-refractivity contribution in [3.8, 4) is 50.5 Å². The molecule has 0 radical (unpaired) electrons. The zero-order chi connectivity index (χ0) is 32.3. The van der Waals surface area contributed by atoms with E-state index in [1.54, 1.807) is 0 Å². The van der Waals surface area contributed by atoms with Gasteiger partial charge in [0.05, 0.1) is 16.9 Å². The van der Waals surface area contributed by atoms with Crippen LogP contribution in [0.25, 0.3) is 72.7 Å². The smallest absolute Gasteiger partial charge is 0.137 e. The average molecular weight is 632 g/mol. The van der Waals surface area contributed by atoms with Gasteiger partial charge >= 0.3 is 0 Å². The van der Waals surface area contributed by atoms with Crippen LogP contribution in [-0.2, 0) is 12.8 Å². The Hall–Kier alpha value is -6.20. The Labute approximate surface area is 284 Å². The second-order valence-corrected chi connectivity index (χ2v) is 13.1. The van der Waals surface area contributed by atoms with Crippen LogP contribution in [-0.4, -0.2) is 23.3 Å². The Kier molecular flexibility index (Phi) is 6.37. The first-order chi connectivity index (χ1) is 24.2. The molecule has 0 amide bonds. The van der Waals surface area contributed by atoms with Crippen LogP contribution in [0.4, 0.5) is 0 Å². The molecule has 1 aliphatic rings. The van der Waals surface area contributed by atoms with Gasteiger partial charge in [0.2, 0.25) is 0 Å². The molecule has 5 aromatic heterocycles. The third-order valence-electron chi connectivity index (χ3n) is 10.1. The zero-order valence-electron chi connectivity index (χ0n) is 27.0. The maximum absolute atomic E-state index is 4.85. The fraction of sp³-hybridized carbons (Fsp3) is 0.0909. The van der Waals surface area contributed by atoms with E-state index in [0.29, 0.717) is 0 Å². The lowest BCUT2D eigenvalue weighted by Crippen LogP contribution is -2.07. The van der Waals surface area contributed by atoms with E-state index in [4.69, 9.17) is 9.97 Å². The topological polar surface area (TPSA) is 39.5 Å². The summed E-state index contributed by atoms with van der Waals surface area (Å²) in [6, 6.07) is 45.9. The van der Waals surface area contributed by atoms with Crippen LogP contribution < -0.4 is 0 Å². The summed E-state index contributed by atoms with van der Waals surface area (Å²) in [5.41, 5.74) is 16.3. The number of para-hydroxylation sites is 1. The predicted octanol–water partition coefficient (Wildman–Crippen LogP) is 10.5. The number of rotatable bonds is 5.